The van der Waals surface area contributed by atoms with Crippen molar-refractivity contribution in [2.45, 2.75) is 6.92 Å². The zero-order chi connectivity index (χ0) is 10.8. The number of H-pyrrole nitrogens is 1. The number of rotatable bonds is 2. The van der Waals surface area contributed by atoms with Gasteiger partial charge in [-0.25, -0.2) is 0 Å². The number of aromatic amines is 1. The molecule has 15 heavy (non-hydrogen) atoms. The van der Waals surface area contributed by atoms with E-state index in [1.165, 1.54) is 0 Å². The molecule has 1 aromatic carbocycles. The standard InChI is InChI=1S/C12H10BrNO/c1-8(15)2-3-9-7-14-12-6-10(13)4-5-11(9)12/h2-7,14H,1H3. The third-order valence-corrected chi connectivity index (χ3v) is 2.67. The Bertz CT molecular complexity index is 540. The molecule has 0 spiro atoms. The minimum Gasteiger partial charge on any atom is -0.361 e. The van der Waals surface area contributed by atoms with E-state index in [2.05, 4.69) is 20.9 Å². The van der Waals surface area contributed by atoms with Gasteiger partial charge < -0.3 is 4.98 Å². The maximum absolute atomic E-state index is 10.8. The second-order valence-electron chi connectivity index (χ2n) is 3.38. The Morgan fingerprint density at radius 1 is 1.47 bits per heavy atom. The number of hydrogen-bond donors (Lipinski definition) is 1. The van der Waals surface area contributed by atoms with Crippen LogP contribution in [-0.4, -0.2) is 10.8 Å². The smallest absolute Gasteiger partial charge is 0.152 e. The number of ketones is 1. The van der Waals surface area contributed by atoms with Gasteiger partial charge in [-0.1, -0.05) is 22.0 Å². The highest BCUT2D eigenvalue weighted by Gasteiger charge is 2.00. The van der Waals surface area contributed by atoms with Gasteiger partial charge in [0.1, 0.15) is 0 Å². The van der Waals surface area contributed by atoms with E-state index in [4.69, 9.17) is 0 Å². The highest BCUT2D eigenvalue weighted by molar-refractivity contribution is 9.10. The molecule has 3 heteroatoms. The van der Waals surface area contributed by atoms with Crippen molar-refractivity contribution in [3.8, 4) is 0 Å². The summed E-state index contributed by atoms with van der Waals surface area (Å²) < 4.78 is 1.04. The summed E-state index contributed by atoms with van der Waals surface area (Å²) in [4.78, 5) is 14.0. The lowest BCUT2D eigenvalue weighted by atomic mass is 10.1. The third kappa shape index (κ3) is 2.18. The fraction of sp³-hybridized carbons (Fsp3) is 0.0833. The maximum atomic E-state index is 10.8. The third-order valence-electron chi connectivity index (χ3n) is 2.17. The maximum Gasteiger partial charge on any atom is 0.152 e. The normalized spacial score (nSPS) is 11.3. The van der Waals surface area contributed by atoms with Crippen molar-refractivity contribution in [1.29, 1.82) is 0 Å². The molecule has 2 rings (SSSR count). The monoisotopic (exact) mass is 263 g/mol. The predicted molar refractivity (Wildman–Crippen MR) is 65.7 cm³/mol. The SMILES string of the molecule is CC(=O)C=Cc1c[nH]c2cc(Br)ccc12. The second-order valence-corrected chi connectivity index (χ2v) is 4.29. The van der Waals surface area contributed by atoms with Crippen LogP contribution in [0.3, 0.4) is 0 Å². The summed E-state index contributed by atoms with van der Waals surface area (Å²) in [6.07, 6.45) is 5.30. The van der Waals surface area contributed by atoms with Gasteiger partial charge >= 0.3 is 0 Å². The van der Waals surface area contributed by atoms with Gasteiger partial charge in [0, 0.05) is 21.6 Å². The van der Waals surface area contributed by atoms with Gasteiger partial charge in [-0.3, -0.25) is 4.79 Å². The van der Waals surface area contributed by atoms with E-state index < -0.39 is 0 Å². The van der Waals surface area contributed by atoms with Crippen LogP contribution in [-0.2, 0) is 4.79 Å². The van der Waals surface area contributed by atoms with Crippen LogP contribution in [0.4, 0.5) is 0 Å². The number of aromatic nitrogens is 1. The number of hydrogen-bond acceptors (Lipinski definition) is 1. The number of carbonyl (C=O) groups excluding carboxylic acids is 1. The molecular weight excluding hydrogens is 254 g/mol. The number of benzene rings is 1. The van der Waals surface area contributed by atoms with Crippen LogP contribution in [0.2, 0.25) is 0 Å². The molecule has 1 aromatic heterocycles. The van der Waals surface area contributed by atoms with Crippen LogP contribution in [0.5, 0.6) is 0 Å². The van der Waals surface area contributed by atoms with E-state index in [9.17, 15) is 4.79 Å². The minimum absolute atomic E-state index is 0.0569. The van der Waals surface area contributed by atoms with Crippen molar-refractivity contribution in [2.75, 3.05) is 0 Å². The molecule has 2 nitrogen and oxygen atoms in total. The molecule has 0 fully saturated rings. The second kappa shape index (κ2) is 4.03. The van der Waals surface area contributed by atoms with Crippen molar-refractivity contribution in [2.24, 2.45) is 0 Å². The summed E-state index contributed by atoms with van der Waals surface area (Å²) >= 11 is 3.41. The molecule has 0 saturated carbocycles. The van der Waals surface area contributed by atoms with Crippen LogP contribution in [0, 0.1) is 0 Å². The van der Waals surface area contributed by atoms with Crippen LogP contribution >= 0.6 is 15.9 Å². The Morgan fingerprint density at radius 3 is 3.00 bits per heavy atom. The van der Waals surface area contributed by atoms with Gasteiger partial charge in [0.05, 0.1) is 0 Å². The highest BCUT2D eigenvalue weighted by atomic mass is 79.9. The van der Waals surface area contributed by atoms with Gasteiger partial charge in [-0.2, -0.15) is 0 Å². The summed E-state index contributed by atoms with van der Waals surface area (Å²) in [5.41, 5.74) is 2.10. The molecule has 0 bridgehead atoms. The quantitative estimate of drug-likeness (QED) is 0.827. The molecule has 0 unspecified atom stereocenters. The molecular formula is C12H10BrNO. The van der Waals surface area contributed by atoms with Crippen LogP contribution < -0.4 is 0 Å². The zero-order valence-corrected chi connectivity index (χ0v) is 9.84. The first kappa shape index (κ1) is 10.2. The Morgan fingerprint density at radius 2 is 2.27 bits per heavy atom. The molecule has 0 atom stereocenters. The van der Waals surface area contributed by atoms with E-state index in [0.717, 1.165) is 20.9 Å². The van der Waals surface area contributed by atoms with E-state index in [-0.39, 0.29) is 5.78 Å². The van der Waals surface area contributed by atoms with Crippen LogP contribution in [0.25, 0.3) is 17.0 Å². The summed E-state index contributed by atoms with van der Waals surface area (Å²) in [5.74, 6) is 0.0569. The van der Waals surface area contributed by atoms with E-state index in [0.29, 0.717) is 0 Å². The van der Waals surface area contributed by atoms with Crippen molar-refractivity contribution in [3.05, 3.63) is 40.5 Å². The van der Waals surface area contributed by atoms with Gasteiger partial charge in [0.2, 0.25) is 0 Å². The van der Waals surface area contributed by atoms with Gasteiger partial charge in [0.15, 0.2) is 5.78 Å². The first-order chi connectivity index (χ1) is 7.16. The van der Waals surface area contributed by atoms with Crippen molar-refractivity contribution in [3.63, 3.8) is 0 Å². The summed E-state index contributed by atoms with van der Waals surface area (Å²) in [5, 5.41) is 1.12. The lowest BCUT2D eigenvalue weighted by Crippen LogP contribution is -1.79. The fourth-order valence-corrected chi connectivity index (χ4v) is 1.83. The summed E-state index contributed by atoms with van der Waals surface area (Å²) in [7, 11) is 0. The van der Waals surface area contributed by atoms with Crippen LogP contribution in [0.1, 0.15) is 12.5 Å². The Hall–Kier alpha value is -1.35. The zero-order valence-electron chi connectivity index (χ0n) is 8.25. The topological polar surface area (TPSA) is 32.9 Å². The number of halogens is 1. The Balaban J connectivity index is 2.50. The van der Waals surface area contributed by atoms with E-state index >= 15 is 0 Å². The molecule has 0 radical (unpaired) electrons. The lowest BCUT2D eigenvalue weighted by molar-refractivity contribution is -0.112. The Kier molecular flexibility index (Phi) is 2.73. The summed E-state index contributed by atoms with van der Waals surface area (Å²) in [6, 6.07) is 6.03. The molecule has 0 saturated heterocycles. The van der Waals surface area contributed by atoms with Gasteiger partial charge in [-0.15, -0.1) is 0 Å². The number of allylic oxidation sites excluding steroid dienone is 1. The fourth-order valence-electron chi connectivity index (χ4n) is 1.47. The molecule has 1 N–H and O–H groups in total. The average molecular weight is 264 g/mol. The molecule has 0 aliphatic heterocycles. The highest BCUT2D eigenvalue weighted by Crippen LogP contribution is 2.23. The van der Waals surface area contributed by atoms with Crippen molar-refractivity contribution in [1.82, 2.24) is 4.98 Å². The largest absolute Gasteiger partial charge is 0.361 e. The van der Waals surface area contributed by atoms with E-state index in [1.54, 1.807) is 13.0 Å². The molecule has 0 aliphatic rings. The van der Waals surface area contributed by atoms with Crippen molar-refractivity contribution >= 4 is 38.7 Å². The lowest BCUT2D eigenvalue weighted by Gasteiger charge is -1.92. The minimum atomic E-state index is 0.0569. The number of nitrogens with one attached hydrogen (secondary N) is 1. The molecule has 76 valence electrons. The first-order valence-corrected chi connectivity index (χ1v) is 5.41. The molecule has 0 aliphatic carbocycles. The van der Waals surface area contributed by atoms with Gasteiger partial charge in [0.25, 0.3) is 0 Å². The number of fused-ring (bicyclic) bond motifs is 1. The van der Waals surface area contributed by atoms with E-state index in [1.807, 2.05) is 30.5 Å². The summed E-state index contributed by atoms with van der Waals surface area (Å²) in [6.45, 7) is 1.54. The predicted octanol–water partition coefficient (Wildman–Crippen LogP) is 3.53. The first-order valence-electron chi connectivity index (χ1n) is 4.62. The van der Waals surface area contributed by atoms with Gasteiger partial charge in [-0.05, 0) is 36.8 Å². The Labute approximate surface area is 96.1 Å². The average Bonchev–Trinajstić information content (AvgIpc) is 2.57. The van der Waals surface area contributed by atoms with Crippen molar-refractivity contribution < 1.29 is 4.79 Å². The number of carbonyl (C=O) groups is 1. The molecule has 1 heterocycles. The molecule has 2 aromatic rings. The van der Waals surface area contributed by atoms with Crippen LogP contribution in [0.15, 0.2) is 34.9 Å². The molecule has 0 amide bonds.